The Morgan fingerprint density at radius 2 is 1.68 bits per heavy atom. The SMILES string of the molecule is CC(C)(C)C(=O)N1CCC(C(=O)NC(C(N)=O)c2ccccc2)CC1. The summed E-state index contributed by atoms with van der Waals surface area (Å²) in [5, 5.41) is 2.76. The van der Waals surface area contributed by atoms with Crippen molar-refractivity contribution in [3.63, 3.8) is 0 Å². The monoisotopic (exact) mass is 345 g/mol. The molecule has 0 aromatic heterocycles. The van der Waals surface area contributed by atoms with Crippen LogP contribution >= 0.6 is 0 Å². The van der Waals surface area contributed by atoms with Crippen LogP contribution in [-0.2, 0) is 14.4 Å². The number of carbonyl (C=O) groups is 3. The number of likely N-dealkylation sites (tertiary alicyclic amines) is 1. The van der Waals surface area contributed by atoms with Crippen molar-refractivity contribution in [2.45, 2.75) is 39.7 Å². The summed E-state index contributed by atoms with van der Waals surface area (Å²) in [7, 11) is 0. The van der Waals surface area contributed by atoms with Crippen molar-refractivity contribution in [3.8, 4) is 0 Å². The van der Waals surface area contributed by atoms with E-state index in [4.69, 9.17) is 5.73 Å². The van der Waals surface area contributed by atoms with Crippen LogP contribution in [0.15, 0.2) is 30.3 Å². The minimum absolute atomic E-state index is 0.102. The Morgan fingerprint density at radius 3 is 2.16 bits per heavy atom. The number of nitrogens with two attached hydrogens (primary N) is 1. The van der Waals surface area contributed by atoms with Gasteiger partial charge in [-0.3, -0.25) is 14.4 Å². The summed E-state index contributed by atoms with van der Waals surface area (Å²) in [6, 6.07) is 8.14. The maximum atomic E-state index is 12.5. The van der Waals surface area contributed by atoms with Gasteiger partial charge in [0, 0.05) is 24.4 Å². The number of rotatable bonds is 4. The second-order valence-corrected chi connectivity index (χ2v) is 7.57. The molecule has 0 spiro atoms. The van der Waals surface area contributed by atoms with E-state index in [0.29, 0.717) is 31.5 Å². The molecular formula is C19H27N3O3. The number of primary amides is 1. The molecule has 1 aliphatic heterocycles. The van der Waals surface area contributed by atoms with Crippen LogP contribution in [0.4, 0.5) is 0 Å². The summed E-state index contributed by atoms with van der Waals surface area (Å²) in [5.41, 5.74) is 5.70. The van der Waals surface area contributed by atoms with Crippen LogP contribution in [-0.4, -0.2) is 35.7 Å². The molecule has 1 atom stereocenters. The van der Waals surface area contributed by atoms with E-state index < -0.39 is 17.4 Å². The van der Waals surface area contributed by atoms with Gasteiger partial charge in [0.2, 0.25) is 17.7 Å². The van der Waals surface area contributed by atoms with E-state index in [-0.39, 0.29) is 17.7 Å². The summed E-state index contributed by atoms with van der Waals surface area (Å²) in [6.45, 7) is 6.80. The Hall–Kier alpha value is -2.37. The van der Waals surface area contributed by atoms with E-state index in [2.05, 4.69) is 5.32 Å². The topological polar surface area (TPSA) is 92.5 Å². The van der Waals surface area contributed by atoms with Crippen molar-refractivity contribution >= 4 is 17.7 Å². The number of piperidine rings is 1. The van der Waals surface area contributed by atoms with E-state index in [1.165, 1.54) is 0 Å². The van der Waals surface area contributed by atoms with E-state index in [0.717, 1.165) is 0 Å². The summed E-state index contributed by atoms with van der Waals surface area (Å²) >= 11 is 0. The average Bonchev–Trinajstić information content (AvgIpc) is 2.58. The molecule has 1 unspecified atom stereocenters. The zero-order valence-corrected chi connectivity index (χ0v) is 15.1. The molecule has 0 saturated carbocycles. The second kappa shape index (κ2) is 7.68. The maximum absolute atomic E-state index is 12.5. The van der Waals surface area contributed by atoms with Gasteiger partial charge in [0.1, 0.15) is 6.04 Å². The minimum atomic E-state index is -0.831. The van der Waals surface area contributed by atoms with Gasteiger partial charge in [-0.25, -0.2) is 0 Å². The molecule has 0 radical (unpaired) electrons. The molecule has 136 valence electrons. The first-order valence-electron chi connectivity index (χ1n) is 8.64. The third-order valence-electron chi connectivity index (χ3n) is 4.50. The summed E-state index contributed by atoms with van der Waals surface area (Å²) < 4.78 is 0. The van der Waals surface area contributed by atoms with E-state index in [9.17, 15) is 14.4 Å². The van der Waals surface area contributed by atoms with Crippen molar-refractivity contribution in [2.24, 2.45) is 17.1 Å². The van der Waals surface area contributed by atoms with Crippen LogP contribution in [0.5, 0.6) is 0 Å². The molecule has 6 heteroatoms. The van der Waals surface area contributed by atoms with Gasteiger partial charge >= 0.3 is 0 Å². The lowest BCUT2D eigenvalue weighted by Gasteiger charge is -2.35. The second-order valence-electron chi connectivity index (χ2n) is 7.57. The fourth-order valence-corrected chi connectivity index (χ4v) is 3.04. The predicted molar refractivity (Wildman–Crippen MR) is 95.3 cm³/mol. The third kappa shape index (κ3) is 4.81. The van der Waals surface area contributed by atoms with Crippen LogP contribution in [0.2, 0.25) is 0 Å². The number of benzene rings is 1. The number of nitrogens with zero attached hydrogens (tertiary/aromatic N) is 1. The Bertz CT molecular complexity index is 629. The lowest BCUT2D eigenvalue weighted by molar-refractivity contribution is -0.142. The molecule has 0 bridgehead atoms. The highest BCUT2D eigenvalue weighted by Gasteiger charge is 2.33. The largest absolute Gasteiger partial charge is 0.368 e. The normalized spacial score (nSPS) is 17.0. The molecule has 1 heterocycles. The molecule has 6 nitrogen and oxygen atoms in total. The number of hydrogen-bond acceptors (Lipinski definition) is 3. The quantitative estimate of drug-likeness (QED) is 0.868. The van der Waals surface area contributed by atoms with Gasteiger partial charge < -0.3 is 16.0 Å². The first-order chi connectivity index (χ1) is 11.7. The van der Waals surface area contributed by atoms with Gasteiger partial charge in [-0.05, 0) is 18.4 Å². The van der Waals surface area contributed by atoms with E-state index in [1.54, 1.807) is 24.3 Å². The first-order valence-corrected chi connectivity index (χ1v) is 8.64. The number of hydrogen-bond donors (Lipinski definition) is 2. The van der Waals surface area contributed by atoms with Crippen LogP contribution in [0.25, 0.3) is 0 Å². The fraction of sp³-hybridized carbons (Fsp3) is 0.526. The molecule has 1 saturated heterocycles. The van der Waals surface area contributed by atoms with Gasteiger partial charge in [-0.1, -0.05) is 51.1 Å². The van der Waals surface area contributed by atoms with Crippen molar-refractivity contribution in [1.29, 1.82) is 0 Å². The molecule has 1 aromatic rings. The zero-order chi connectivity index (χ0) is 18.6. The molecule has 1 fully saturated rings. The maximum Gasteiger partial charge on any atom is 0.244 e. The van der Waals surface area contributed by atoms with Crippen molar-refractivity contribution in [3.05, 3.63) is 35.9 Å². The average molecular weight is 345 g/mol. The highest BCUT2D eigenvalue weighted by Crippen LogP contribution is 2.24. The first kappa shape index (κ1) is 19.0. The summed E-state index contributed by atoms with van der Waals surface area (Å²) in [4.78, 5) is 38.4. The number of nitrogens with one attached hydrogen (secondary N) is 1. The Morgan fingerprint density at radius 1 is 1.12 bits per heavy atom. The fourth-order valence-electron chi connectivity index (χ4n) is 3.04. The molecule has 25 heavy (non-hydrogen) atoms. The molecule has 1 aromatic carbocycles. The predicted octanol–water partition coefficient (Wildman–Crippen LogP) is 1.61. The van der Waals surface area contributed by atoms with Gasteiger partial charge in [0.25, 0.3) is 0 Å². The minimum Gasteiger partial charge on any atom is -0.368 e. The van der Waals surface area contributed by atoms with Gasteiger partial charge in [-0.2, -0.15) is 0 Å². The van der Waals surface area contributed by atoms with Crippen LogP contribution in [0.3, 0.4) is 0 Å². The molecular weight excluding hydrogens is 318 g/mol. The van der Waals surface area contributed by atoms with E-state index >= 15 is 0 Å². The van der Waals surface area contributed by atoms with Crippen LogP contribution < -0.4 is 11.1 Å². The third-order valence-corrected chi connectivity index (χ3v) is 4.50. The van der Waals surface area contributed by atoms with Crippen molar-refractivity contribution < 1.29 is 14.4 Å². The van der Waals surface area contributed by atoms with Gasteiger partial charge in [0.05, 0.1) is 0 Å². The lowest BCUT2D eigenvalue weighted by Crippen LogP contribution is -2.48. The number of amides is 3. The highest BCUT2D eigenvalue weighted by atomic mass is 16.2. The Labute approximate surface area is 148 Å². The van der Waals surface area contributed by atoms with Crippen LogP contribution in [0, 0.1) is 11.3 Å². The Kier molecular flexibility index (Phi) is 5.82. The molecule has 0 aliphatic carbocycles. The van der Waals surface area contributed by atoms with Gasteiger partial charge in [-0.15, -0.1) is 0 Å². The van der Waals surface area contributed by atoms with Crippen LogP contribution in [0.1, 0.15) is 45.2 Å². The molecule has 3 N–H and O–H groups in total. The van der Waals surface area contributed by atoms with Crippen molar-refractivity contribution in [2.75, 3.05) is 13.1 Å². The highest BCUT2D eigenvalue weighted by molar-refractivity contribution is 5.88. The van der Waals surface area contributed by atoms with Gasteiger partial charge in [0.15, 0.2) is 0 Å². The summed E-state index contributed by atoms with van der Waals surface area (Å²) in [5.74, 6) is -0.879. The van der Waals surface area contributed by atoms with E-state index in [1.807, 2.05) is 31.7 Å². The zero-order valence-electron chi connectivity index (χ0n) is 15.1. The van der Waals surface area contributed by atoms with Crippen molar-refractivity contribution in [1.82, 2.24) is 10.2 Å². The lowest BCUT2D eigenvalue weighted by atomic mass is 9.90. The summed E-state index contributed by atoms with van der Waals surface area (Å²) in [6.07, 6.45) is 1.18. The molecule has 2 rings (SSSR count). The molecule has 3 amide bonds. The molecule has 1 aliphatic rings. The number of carbonyl (C=O) groups excluding carboxylic acids is 3. The smallest absolute Gasteiger partial charge is 0.244 e. The Balaban J connectivity index is 1.96. The standard InChI is InChI=1S/C19H27N3O3/c1-19(2,3)18(25)22-11-9-14(10-12-22)17(24)21-15(16(20)23)13-7-5-4-6-8-13/h4-8,14-15H,9-12H2,1-3H3,(H2,20,23)(H,21,24).